The molecular weight excluding hydrogens is 366 g/mol. The van der Waals surface area contributed by atoms with Gasteiger partial charge in [0.25, 0.3) is 11.8 Å². The third-order valence-corrected chi connectivity index (χ3v) is 5.30. The number of nitrogens with zero attached hydrogens (tertiary/aromatic N) is 3. The SMILES string of the molecule is Cc1cc(C)c(NC(=O)c2nc(C(=O)NCCN(C)C)n3c2CCCC3)c(C)c1. The number of imidazole rings is 1. The number of carbonyl (C=O) groups excluding carboxylic acids is 2. The van der Waals surface area contributed by atoms with Gasteiger partial charge in [-0.05, 0) is 65.3 Å². The summed E-state index contributed by atoms with van der Waals surface area (Å²) in [4.78, 5) is 32.3. The summed E-state index contributed by atoms with van der Waals surface area (Å²) >= 11 is 0. The quantitative estimate of drug-likeness (QED) is 0.786. The Hall–Kier alpha value is -2.67. The Balaban J connectivity index is 1.87. The molecule has 2 N–H and O–H groups in total. The number of hydrogen-bond acceptors (Lipinski definition) is 4. The summed E-state index contributed by atoms with van der Waals surface area (Å²) in [6.45, 7) is 8.02. The lowest BCUT2D eigenvalue weighted by molar-refractivity contribution is 0.0935. The van der Waals surface area contributed by atoms with Crippen molar-refractivity contribution in [2.75, 3.05) is 32.5 Å². The van der Waals surface area contributed by atoms with Gasteiger partial charge in [-0.25, -0.2) is 4.98 Å². The van der Waals surface area contributed by atoms with Gasteiger partial charge in [0.2, 0.25) is 0 Å². The lowest BCUT2D eigenvalue weighted by Crippen LogP contribution is -2.33. The second kappa shape index (κ2) is 8.78. The van der Waals surface area contributed by atoms with E-state index in [-0.39, 0.29) is 11.8 Å². The Kier molecular flexibility index (Phi) is 6.37. The van der Waals surface area contributed by atoms with Crippen molar-refractivity contribution in [2.45, 2.75) is 46.6 Å². The summed E-state index contributed by atoms with van der Waals surface area (Å²) < 4.78 is 1.91. The fraction of sp³-hybridized carbons (Fsp3) is 0.500. The van der Waals surface area contributed by atoms with Crippen molar-refractivity contribution in [3.63, 3.8) is 0 Å². The third kappa shape index (κ3) is 4.67. The highest BCUT2D eigenvalue weighted by Crippen LogP contribution is 2.25. The van der Waals surface area contributed by atoms with Crippen LogP contribution in [-0.4, -0.2) is 53.5 Å². The fourth-order valence-corrected chi connectivity index (χ4v) is 3.92. The van der Waals surface area contributed by atoms with Crippen LogP contribution in [-0.2, 0) is 13.0 Å². The van der Waals surface area contributed by atoms with E-state index >= 15 is 0 Å². The molecule has 0 spiro atoms. The zero-order valence-electron chi connectivity index (χ0n) is 18.1. The van der Waals surface area contributed by atoms with Crippen LogP contribution in [0.2, 0.25) is 0 Å². The summed E-state index contributed by atoms with van der Waals surface area (Å²) in [6, 6.07) is 4.10. The number of aryl methyl sites for hydroxylation is 3. The molecule has 1 aliphatic rings. The standard InChI is InChI=1S/C22H31N5O2/c1-14-12-15(2)18(16(3)13-14)25-21(28)19-17-8-6-7-10-27(17)20(24-19)22(29)23-9-11-26(4)5/h12-13H,6-11H2,1-5H3,(H,23,29)(H,25,28). The highest BCUT2D eigenvalue weighted by atomic mass is 16.2. The molecule has 0 aliphatic carbocycles. The number of rotatable bonds is 6. The molecule has 7 heteroatoms. The zero-order chi connectivity index (χ0) is 21.1. The zero-order valence-corrected chi connectivity index (χ0v) is 18.1. The lowest BCUT2D eigenvalue weighted by Gasteiger charge is -2.17. The predicted molar refractivity (Wildman–Crippen MR) is 115 cm³/mol. The van der Waals surface area contributed by atoms with Crippen LogP contribution >= 0.6 is 0 Å². The minimum atomic E-state index is -0.252. The van der Waals surface area contributed by atoms with Crippen molar-refractivity contribution in [2.24, 2.45) is 0 Å². The summed E-state index contributed by atoms with van der Waals surface area (Å²) in [5.74, 6) is -0.143. The summed E-state index contributed by atoms with van der Waals surface area (Å²) in [5.41, 5.74) is 5.23. The molecule has 3 rings (SSSR count). The number of hydrogen-bond donors (Lipinski definition) is 2. The number of fused-ring (bicyclic) bond motifs is 1. The number of nitrogens with one attached hydrogen (secondary N) is 2. The van der Waals surface area contributed by atoms with Gasteiger partial charge in [-0.15, -0.1) is 0 Å². The minimum Gasteiger partial charge on any atom is -0.348 e. The summed E-state index contributed by atoms with van der Waals surface area (Å²) in [5, 5.41) is 5.94. The van der Waals surface area contributed by atoms with E-state index in [0.29, 0.717) is 24.6 Å². The molecule has 7 nitrogen and oxygen atoms in total. The molecule has 2 aromatic rings. The molecule has 0 fully saturated rings. The van der Waals surface area contributed by atoms with Gasteiger partial charge in [0.1, 0.15) is 0 Å². The minimum absolute atomic E-state index is 0.225. The molecule has 1 aromatic carbocycles. The molecule has 0 radical (unpaired) electrons. The van der Waals surface area contributed by atoms with E-state index in [1.165, 1.54) is 0 Å². The van der Waals surface area contributed by atoms with Gasteiger partial charge in [0, 0.05) is 25.3 Å². The van der Waals surface area contributed by atoms with Crippen LogP contribution in [0.5, 0.6) is 0 Å². The van der Waals surface area contributed by atoms with Gasteiger partial charge in [0.05, 0.1) is 5.69 Å². The molecular formula is C22H31N5O2. The van der Waals surface area contributed by atoms with Crippen molar-refractivity contribution in [3.05, 3.63) is 46.0 Å². The lowest BCUT2D eigenvalue weighted by atomic mass is 10.0. The molecule has 1 aliphatic heterocycles. The first-order valence-corrected chi connectivity index (χ1v) is 10.2. The molecule has 0 saturated heterocycles. The smallest absolute Gasteiger partial charge is 0.287 e. The number of likely N-dealkylation sites (N-methyl/N-ethyl adjacent to an activating group) is 1. The van der Waals surface area contributed by atoms with Gasteiger partial charge >= 0.3 is 0 Å². The van der Waals surface area contributed by atoms with Gasteiger partial charge < -0.3 is 20.1 Å². The first-order chi connectivity index (χ1) is 13.8. The molecule has 0 atom stereocenters. The second-order valence-corrected chi connectivity index (χ2v) is 8.13. The highest BCUT2D eigenvalue weighted by Gasteiger charge is 2.27. The van der Waals surface area contributed by atoms with Crippen molar-refractivity contribution in [3.8, 4) is 0 Å². The van der Waals surface area contributed by atoms with E-state index in [2.05, 4.69) is 27.8 Å². The number of carbonyl (C=O) groups is 2. The topological polar surface area (TPSA) is 79.3 Å². The normalized spacial score (nSPS) is 13.3. The van der Waals surface area contributed by atoms with Gasteiger partial charge in [-0.2, -0.15) is 0 Å². The van der Waals surface area contributed by atoms with E-state index in [1.54, 1.807) is 0 Å². The van der Waals surface area contributed by atoms with Crippen molar-refractivity contribution in [1.82, 2.24) is 19.8 Å². The molecule has 0 bridgehead atoms. The maximum Gasteiger partial charge on any atom is 0.287 e. The van der Waals surface area contributed by atoms with E-state index < -0.39 is 0 Å². The summed E-state index contributed by atoms with van der Waals surface area (Å²) in [6.07, 6.45) is 2.74. The van der Waals surface area contributed by atoms with Crippen LogP contribution < -0.4 is 10.6 Å². The van der Waals surface area contributed by atoms with E-state index in [4.69, 9.17) is 0 Å². The second-order valence-electron chi connectivity index (χ2n) is 8.13. The first-order valence-electron chi connectivity index (χ1n) is 10.2. The maximum atomic E-state index is 13.1. The number of amides is 2. The van der Waals surface area contributed by atoms with Crippen LogP contribution in [0, 0.1) is 20.8 Å². The Labute approximate surface area is 172 Å². The number of benzene rings is 1. The number of aromatic nitrogens is 2. The number of anilines is 1. The summed E-state index contributed by atoms with van der Waals surface area (Å²) in [7, 11) is 3.92. The molecule has 29 heavy (non-hydrogen) atoms. The third-order valence-electron chi connectivity index (χ3n) is 5.30. The molecule has 2 heterocycles. The van der Waals surface area contributed by atoms with Crippen molar-refractivity contribution in [1.29, 1.82) is 0 Å². The van der Waals surface area contributed by atoms with Crippen molar-refractivity contribution >= 4 is 17.5 Å². The molecule has 0 unspecified atom stereocenters. The largest absolute Gasteiger partial charge is 0.348 e. The van der Waals surface area contributed by atoms with Crippen LogP contribution in [0.4, 0.5) is 5.69 Å². The molecule has 1 aromatic heterocycles. The van der Waals surface area contributed by atoms with E-state index in [9.17, 15) is 9.59 Å². The first kappa shape index (κ1) is 21.0. The van der Waals surface area contributed by atoms with Crippen LogP contribution in [0.3, 0.4) is 0 Å². The Morgan fingerprint density at radius 2 is 1.79 bits per heavy atom. The van der Waals surface area contributed by atoms with Gasteiger partial charge in [-0.1, -0.05) is 17.7 Å². The molecule has 0 saturated carbocycles. The fourth-order valence-electron chi connectivity index (χ4n) is 3.92. The molecule has 2 amide bonds. The molecule has 156 valence electrons. The average molecular weight is 398 g/mol. The maximum absolute atomic E-state index is 13.1. The average Bonchev–Trinajstić information content (AvgIpc) is 3.04. The van der Waals surface area contributed by atoms with Crippen molar-refractivity contribution < 1.29 is 9.59 Å². The van der Waals surface area contributed by atoms with Crippen LogP contribution in [0.1, 0.15) is 56.3 Å². The van der Waals surface area contributed by atoms with Crippen LogP contribution in [0.15, 0.2) is 12.1 Å². The van der Waals surface area contributed by atoms with Gasteiger partial charge in [-0.3, -0.25) is 9.59 Å². The highest BCUT2D eigenvalue weighted by molar-refractivity contribution is 6.05. The van der Waals surface area contributed by atoms with Crippen LogP contribution in [0.25, 0.3) is 0 Å². The monoisotopic (exact) mass is 397 g/mol. The van der Waals surface area contributed by atoms with E-state index in [0.717, 1.165) is 53.9 Å². The van der Waals surface area contributed by atoms with Gasteiger partial charge in [0.15, 0.2) is 11.5 Å². The Morgan fingerprint density at radius 1 is 1.10 bits per heavy atom. The predicted octanol–water partition coefficient (Wildman–Crippen LogP) is 2.69. The van der Waals surface area contributed by atoms with E-state index in [1.807, 2.05) is 44.3 Å². The Morgan fingerprint density at radius 3 is 2.45 bits per heavy atom. The Bertz CT molecular complexity index is 907.